The Bertz CT molecular complexity index is 1120. The highest BCUT2D eigenvalue weighted by atomic mass is 16.2. The third kappa shape index (κ3) is 5.22. The van der Waals surface area contributed by atoms with Crippen LogP contribution in [0.25, 0.3) is 10.9 Å². The molecule has 0 aliphatic heterocycles. The molecule has 3 N–H and O–H groups in total. The average Bonchev–Trinajstić information content (AvgIpc) is 2.70. The first-order valence-electron chi connectivity index (χ1n) is 9.73. The van der Waals surface area contributed by atoms with E-state index in [4.69, 9.17) is 0 Å². The number of fused-ring (bicyclic) bond motifs is 1. The van der Waals surface area contributed by atoms with E-state index >= 15 is 0 Å². The van der Waals surface area contributed by atoms with Crippen LogP contribution in [-0.4, -0.2) is 27.5 Å². The molecule has 0 fully saturated rings. The van der Waals surface area contributed by atoms with Crippen molar-refractivity contribution in [3.63, 3.8) is 0 Å². The molecular weight excluding hydrogens is 382 g/mol. The average molecular weight is 407 g/mol. The number of rotatable bonds is 6. The van der Waals surface area contributed by atoms with Gasteiger partial charge in [-0.25, -0.2) is 9.78 Å². The first-order chi connectivity index (χ1) is 14.3. The van der Waals surface area contributed by atoms with E-state index in [1.54, 1.807) is 37.3 Å². The maximum Gasteiger partial charge on any atom is 0.319 e. The first kappa shape index (κ1) is 21.0. The number of benzene rings is 2. The van der Waals surface area contributed by atoms with Crippen molar-refractivity contribution in [3.05, 3.63) is 70.3 Å². The van der Waals surface area contributed by atoms with Gasteiger partial charge in [0.1, 0.15) is 12.4 Å². The minimum absolute atomic E-state index is 0.0495. The van der Waals surface area contributed by atoms with Gasteiger partial charge in [0.25, 0.3) is 5.56 Å². The van der Waals surface area contributed by atoms with Crippen LogP contribution in [0, 0.1) is 6.92 Å². The van der Waals surface area contributed by atoms with E-state index in [1.165, 1.54) is 4.57 Å². The van der Waals surface area contributed by atoms with E-state index in [1.807, 2.05) is 32.0 Å². The van der Waals surface area contributed by atoms with Crippen molar-refractivity contribution in [3.8, 4) is 0 Å². The van der Waals surface area contributed by atoms with Crippen LogP contribution in [0.5, 0.6) is 0 Å². The number of hydrogen-bond acceptors (Lipinski definition) is 4. The van der Waals surface area contributed by atoms with Gasteiger partial charge in [-0.3, -0.25) is 14.2 Å². The van der Waals surface area contributed by atoms with Gasteiger partial charge in [0.15, 0.2) is 0 Å². The van der Waals surface area contributed by atoms with Gasteiger partial charge in [-0.2, -0.15) is 0 Å². The van der Waals surface area contributed by atoms with Crippen molar-refractivity contribution >= 4 is 28.5 Å². The van der Waals surface area contributed by atoms with Gasteiger partial charge in [0, 0.05) is 18.3 Å². The van der Waals surface area contributed by atoms with Crippen LogP contribution in [0.15, 0.2) is 53.3 Å². The summed E-state index contributed by atoms with van der Waals surface area (Å²) in [6.07, 6.45) is 0. The normalized spacial score (nSPS) is 10.8. The number of anilines is 1. The van der Waals surface area contributed by atoms with Crippen LogP contribution in [0.3, 0.4) is 0 Å². The predicted molar refractivity (Wildman–Crippen MR) is 116 cm³/mol. The molecule has 1 aromatic heterocycles. The Balaban J connectivity index is 1.59. The van der Waals surface area contributed by atoms with Crippen LogP contribution >= 0.6 is 0 Å². The maximum atomic E-state index is 12.7. The monoisotopic (exact) mass is 407 g/mol. The minimum atomic E-state index is -0.282. The van der Waals surface area contributed by atoms with Gasteiger partial charge in [-0.1, -0.05) is 24.3 Å². The molecule has 0 aliphatic carbocycles. The van der Waals surface area contributed by atoms with Gasteiger partial charge in [-0.15, -0.1) is 0 Å². The molecule has 30 heavy (non-hydrogen) atoms. The third-order valence-corrected chi connectivity index (χ3v) is 4.48. The lowest BCUT2D eigenvalue weighted by Crippen LogP contribution is -2.34. The zero-order valence-corrected chi connectivity index (χ0v) is 17.2. The molecule has 0 unspecified atom stereocenters. The van der Waals surface area contributed by atoms with E-state index in [-0.39, 0.29) is 30.1 Å². The second-order valence-electron chi connectivity index (χ2n) is 7.29. The van der Waals surface area contributed by atoms with Crippen molar-refractivity contribution in [1.82, 2.24) is 20.2 Å². The number of hydrogen-bond donors (Lipinski definition) is 3. The summed E-state index contributed by atoms with van der Waals surface area (Å²) in [5.74, 6) is 0.208. The lowest BCUT2D eigenvalue weighted by molar-refractivity contribution is -0.121. The highest BCUT2D eigenvalue weighted by molar-refractivity contribution is 5.89. The molecule has 3 amide bonds. The molecule has 0 atom stereocenters. The zero-order chi connectivity index (χ0) is 21.7. The second-order valence-corrected chi connectivity index (χ2v) is 7.29. The SMILES string of the molecule is Cc1nc2ccccc2c(=O)n1CC(=O)NCc1ccc(NC(=O)NC(C)C)cc1. The molecule has 3 aromatic rings. The molecule has 156 valence electrons. The molecule has 0 saturated carbocycles. The number of para-hydroxylation sites is 1. The molecule has 0 bridgehead atoms. The van der Waals surface area contributed by atoms with Crippen LogP contribution in [0.1, 0.15) is 25.2 Å². The summed E-state index contributed by atoms with van der Waals surface area (Å²) in [4.78, 5) is 41.2. The van der Waals surface area contributed by atoms with Gasteiger partial charge in [-0.05, 0) is 50.6 Å². The van der Waals surface area contributed by atoms with Gasteiger partial charge in [0.05, 0.1) is 10.9 Å². The van der Waals surface area contributed by atoms with Crippen molar-refractivity contribution in [2.75, 3.05) is 5.32 Å². The number of aromatic nitrogens is 2. The summed E-state index contributed by atoms with van der Waals surface area (Å²) in [7, 11) is 0. The van der Waals surface area contributed by atoms with Crippen LogP contribution in [-0.2, 0) is 17.9 Å². The summed E-state index contributed by atoms with van der Waals surface area (Å²) in [5, 5.41) is 8.79. The molecular formula is C22H25N5O3. The van der Waals surface area contributed by atoms with E-state index < -0.39 is 0 Å². The Morgan fingerprint density at radius 3 is 2.47 bits per heavy atom. The van der Waals surface area contributed by atoms with Gasteiger partial charge < -0.3 is 16.0 Å². The predicted octanol–water partition coefficient (Wildman–Crippen LogP) is 2.55. The van der Waals surface area contributed by atoms with Crippen molar-refractivity contribution in [2.24, 2.45) is 0 Å². The fraction of sp³-hybridized carbons (Fsp3) is 0.273. The number of nitrogens with zero attached hydrogens (tertiary/aromatic N) is 2. The Kier molecular flexibility index (Phi) is 6.46. The lowest BCUT2D eigenvalue weighted by Gasteiger charge is -2.12. The van der Waals surface area contributed by atoms with Gasteiger partial charge in [0.2, 0.25) is 5.91 Å². The fourth-order valence-electron chi connectivity index (χ4n) is 3.00. The highest BCUT2D eigenvalue weighted by Gasteiger charge is 2.11. The summed E-state index contributed by atoms with van der Waals surface area (Å²) in [5.41, 5.74) is 1.92. The number of amides is 3. The van der Waals surface area contributed by atoms with E-state index in [0.717, 1.165) is 5.56 Å². The number of carbonyl (C=O) groups is 2. The van der Waals surface area contributed by atoms with E-state index in [2.05, 4.69) is 20.9 Å². The quantitative estimate of drug-likeness (QED) is 0.584. The number of urea groups is 1. The number of carbonyl (C=O) groups excluding carboxylic acids is 2. The maximum absolute atomic E-state index is 12.7. The molecule has 8 nitrogen and oxygen atoms in total. The number of aryl methyl sites for hydroxylation is 1. The third-order valence-electron chi connectivity index (χ3n) is 4.48. The van der Waals surface area contributed by atoms with Crippen molar-refractivity contribution in [1.29, 1.82) is 0 Å². The van der Waals surface area contributed by atoms with Crippen LogP contribution in [0.2, 0.25) is 0 Å². The summed E-state index contributed by atoms with van der Waals surface area (Å²) < 4.78 is 1.37. The Morgan fingerprint density at radius 1 is 1.07 bits per heavy atom. The van der Waals surface area contributed by atoms with E-state index in [9.17, 15) is 14.4 Å². The number of nitrogens with one attached hydrogen (secondary N) is 3. The standard InChI is InChI=1S/C22H25N5O3/c1-14(2)24-22(30)26-17-10-8-16(9-11-17)12-23-20(28)13-27-15(3)25-19-7-5-4-6-18(19)21(27)29/h4-11,14H,12-13H2,1-3H3,(H,23,28)(H2,24,26,30). The first-order valence-corrected chi connectivity index (χ1v) is 9.73. The molecule has 1 heterocycles. The Morgan fingerprint density at radius 2 is 1.77 bits per heavy atom. The van der Waals surface area contributed by atoms with Gasteiger partial charge >= 0.3 is 6.03 Å². The smallest absolute Gasteiger partial charge is 0.319 e. The summed E-state index contributed by atoms with van der Waals surface area (Å²) >= 11 is 0. The van der Waals surface area contributed by atoms with Crippen LogP contribution < -0.4 is 21.5 Å². The summed E-state index contributed by atoms with van der Waals surface area (Å²) in [6, 6.07) is 14.0. The Labute approximate surface area is 174 Å². The molecule has 2 aromatic carbocycles. The minimum Gasteiger partial charge on any atom is -0.350 e. The largest absolute Gasteiger partial charge is 0.350 e. The van der Waals surface area contributed by atoms with Crippen molar-refractivity contribution < 1.29 is 9.59 Å². The molecule has 0 radical (unpaired) electrons. The zero-order valence-electron chi connectivity index (χ0n) is 17.2. The summed E-state index contributed by atoms with van der Waals surface area (Å²) in [6.45, 7) is 5.69. The molecule has 0 saturated heterocycles. The Hall–Kier alpha value is -3.68. The molecule has 8 heteroatoms. The topological polar surface area (TPSA) is 105 Å². The van der Waals surface area contributed by atoms with E-state index in [0.29, 0.717) is 29.0 Å². The molecule has 0 spiro atoms. The second kappa shape index (κ2) is 9.21. The lowest BCUT2D eigenvalue weighted by atomic mass is 10.2. The molecule has 3 rings (SSSR count). The molecule has 0 aliphatic rings. The highest BCUT2D eigenvalue weighted by Crippen LogP contribution is 2.10. The van der Waals surface area contributed by atoms with Crippen LogP contribution in [0.4, 0.5) is 10.5 Å². The van der Waals surface area contributed by atoms with Crippen molar-refractivity contribution in [2.45, 2.75) is 39.9 Å². The fourth-order valence-corrected chi connectivity index (χ4v) is 3.00.